The van der Waals surface area contributed by atoms with Crippen LogP contribution in [0.25, 0.3) is 0 Å². The molecule has 18 heavy (non-hydrogen) atoms. The number of ether oxygens (including phenoxy) is 1. The summed E-state index contributed by atoms with van der Waals surface area (Å²) in [5, 5.41) is 8.66. The van der Waals surface area contributed by atoms with Crippen molar-refractivity contribution in [2.45, 2.75) is 64.5 Å². The van der Waals surface area contributed by atoms with E-state index in [4.69, 9.17) is 16.3 Å². The highest BCUT2D eigenvalue weighted by atomic mass is 35.5. The molecule has 0 bridgehead atoms. The van der Waals surface area contributed by atoms with Gasteiger partial charge in [-0.3, -0.25) is 0 Å². The molecule has 0 saturated carbocycles. The largest absolute Gasteiger partial charge is 0.378 e. The molecule has 0 spiro atoms. The second-order valence-corrected chi connectivity index (χ2v) is 6.31. The summed E-state index contributed by atoms with van der Waals surface area (Å²) in [7, 11) is 0. The number of nitrogens with zero attached hydrogens (tertiary/aromatic N) is 3. The lowest BCUT2D eigenvalue weighted by Gasteiger charge is -2.24. The summed E-state index contributed by atoms with van der Waals surface area (Å²) in [5.74, 6) is 0.948. The third-order valence-corrected chi connectivity index (χ3v) is 3.60. The Labute approximate surface area is 114 Å². The molecule has 0 aromatic carbocycles. The van der Waals surface area contributed by atoms with Crippen LogP contribution in [0.15, 0.2) is 0 Å². The van der Waals surface area contributed by atoms with Crippen molar-refractivity contribution < 1.29 is 4.74 Å². The fourth-order valence-electron chi connectivity index (χ4n) is 2.35. The highest BCUT2D eigenvalue weighted by molar-refractivity contribution is 6.28. The lowest BCUT2D eigenvalue weighted by atomic mass is 9.95. The Bertz CT molecular complexity index is 391. The van der Waals surface area contributed by atoms with Gasteiger partial charge in [-0.1, -0.05) is 20.8 Å². The Morgan fingerprint density at radius 1 is 1.33 bits per heavy atom. The average Bonchev–Trinajstić information content (AvgIpc) is 2.69. The van der Waals surface area contributed by atoms with Crippen LogP contribution in [0.2, 0.25) is 5.28 Å². The van der Waals surface area contributed by atoms with Crippen molar-refractivity contribution >= 4 is 11.6 Å². The molecule has 0 amide bonds. The lowest BCUT2D eigenvalue weighted by molar-refractivity contribution is 0.00859. The minimum Gasteiger partial charge on any atom is -0.378 e. The minimum atomic E-state index is -0.0342. The van der Waals surface area contributed by atoms with Gasteiger partial charge < -0.3 is 9.30 Å². The van der Waals surface area contributed by atoms with Crippen LogP contribution >= 0.6 is 11.6 Å². The van der Waals surface area contributed by atoms with Gasteiger partial charge in [0.2, 0.25) is 5.28 Å². The van der Waals surface area contributed by atoms with Crippen LogP contribution in [0.4, 0.5) is 0 Å². The Morgan fingerprint density at radius 3 is 2.72 bits per heavy atom. The van der Waals surface area contributed by atoms with Crippen LogP contribution in [0.3, 0.4) is 0 Å². The third-order valence-electron chi connectivity index (χ3n) is 3.33. The smallest absolute Gasteiger partial charge is 0.225 e. The first-order chi connectivity index (χ1) is 8.48. The first kappa shape index (κ1) is 13.8. The van der Waals surface area contributed by atoms with E-state index < -0.39 is 0 Å². The van der Waals surface area contributed by atoms with Crippen molar-refractivity contribution in [3.8, 4) is 0 Å². The standard InChI is InChI=1S/C13H22ClN3O/c1-13(2,3)11-15-16-12(14)17(11)8-7-10-6-4-5-9-18-10/h10H,4-9H2,1-3H3. The predicted octanol–water partition coefficient (Wildman–Crippen LogP) is 3.19. The second-order valence-electron chi connectivity index (χ2n) is 5.97. The van der Waals surface area contributed by atoms with Gasteiger partial charge in [-0.15, -0.1) is 10.2 Å². The molecular weight excluding hydrogens is 250 g/mol. The molecule has 0 N–H and O–H groups in total. The Morgan fingerprint density at radius 2 is 2.11 bits per heavy atom. The van der Waals surface area contributed by atoms with Crippen LogP contribution in [0.5, 0.6) is 0 Å². The van der Waals surface area contributed by atoms with Gasteiger partial charge >= 0.3 is 0 Å². The van der Waals surface area contributed by atoms with Crippen LogP contribution in [0.1, 0.15) is 52.3 Å². The molecule has 4 nitrogen and oxygen atoms in total. The number of hydrogen-bond donors (Lipinski definition) is 0. The summed E-state index contributed by atoms with van der Waals surface area (Å²) in [6.45, 7) is 8.11. The van der Waals surface area contributed by atoms with E-state index >= 15 is 0 Å². The maximum absolute atomic E-state index is 6.12. The van der Waals surface area contributed by atoms with Crippen molar-refractivity contribution in [1.82, 2.24) is 14.8 Å². The third kappa shape index (κ3) is 3.23. The van der Waals surface area contributed by atoms with Gasteiger partial charge in [0.15, 0.2) is 0 Å². The summed E-state index contributed by atoms with van der Waals surface area (Å²) >= 11 is 6.12. The van der Waals surface area contributed by atoms with Gasteiger partial charge in [0.05, 0.1) is 6.10 Å². The number of halogens is 1. The van der Waals surface area contributed by atoms with E-state index in [0.29, 0.717) is 11.4 Å². The van der Waals surface area contributed by atoms with E-state index in [1.807, 2.05) is 4.57 Å². The normalized spacial score (nSPS) is 21.2. The molecule has 1 unspecified atom stereocenters. The molecular formula is C13H22ClN3O. The van der Waals surface area contributed by atoms with E-state index in [1.54, 1.807) is 0 Å². The molecule has 1 aliphatic rings. The summed E-state index contributed by atoms with van der Waals surface area (Å²) in [6.07, 6.45) is 4.97. The fourth-order valence-corrected chi connectivity index (χ4v) is 2.55. The van der Waals surface area contributed by atoms with Crippen LogP contribution < -0.4 is 0 Å². The average molecular weight is 272 g/mol. The first-order valence-electron chi connectivity index (χ1n) is 6.69. The lowest BCUT2D eigenvalue weighted by Crippen LogP contribution is -2.24. The summed E-state index contributed by atoms with van der Waals surface area (Å²) in [6, 6.07) is 0. The zero-order valence-electron chi connectivity index (χ0n) is 11.4. The van der Waals surface area contributed by atoms with Gasteiger partial charge in [-0.05, 0) is 37.3 Å². The maximum Gasteiger partial charge on any atom is 0.225 e. The number of aromatic nitrogens is 3. The van der Waals surface area contributed by atoms with E-state index in [1.165, 1.54) is 12.8 Å². The van der Waals surface area contributed by atoms with Gasteiger partial charge in [0.25, 0.3) is 0 Å². The highest BCUT2D eigenvalue weighted by Crippen LogP contribution is 2.24. The van der Waals surface area contributed by atoms with E-state index in [9.17, 15) is 0 Å². The van der Waals surface area contributed by atoms with Crippen LogP contribution in [0, 0.1) is 0 Å². The summed E-state index contributed by atoms with van der Waals surface area (Å²) in [4.78, 5) is 0. The van der Waals surface area contributed by atoms with E-state index in [0.717, 1.165) is 31.8 Å². The molecule has 2 heterocycles. The molecule has 1 fully saturated rings. The molecule has 1 atom stereocenters. The van der Waals surface area contributed by atoms with Crippen molar-refractivity contribution in [1.29, 1.82) is 0 Å². The van der Waals surface area contributed by atoms with Gasteiger partial charge in [0.1, 0.15) is 5.82 Å². The second kappa shape index (κ2) is 5.57. The quantitative estimate of drug-likeness (QED) is 0.848. The van der Waals surface area contributed by atoms with Crippen molar-refractivity contribution in [2.24, 2.45) is 0 Å². The van der Waals surface area contributed by atoms with E-state index in [2.05, 4.69) is 31.0 Å². The van der Waals surface area contributed by atoms with Crippen molar-refractivity contribution in [3.05, 3.63) is 11.1 Å². The Kier molecular flexibility index (Phi) is 4.28. The maximum atomic E-state index is 6.12. The minimum absolute atomic E-state index is 0.0342. The monoisotopic (exact) mass is 271 g/mol. The highest BCUT2D eigenvalue weighted by Gasteiger charge is 2.24. The SMILES string of the molecule is CC(C)(C)c1nnc(Cl)n1CCC1CCCCO1. The van der Waals surface area contributed by atoms with Gasteiger partial charge in [-0.2, -0.15) is 0 Å². The van der Waals surface area contributed by atoms with E-state index in [-0.39, 0.29) is 5.41 Å². The molecule has 1 aromatic heterocycles. The summed E-state index contributed by atoms with van der Waals surface area (Å²) in [5.41, 5.74) is -0.0342. The molecule has 1 saturated heterocycles. The zero-order chi connectivity index (χ0) is 13.2. The molecule has 1 aromatic rings. The topological polar surface area (TPSA) is 39.9 Å². The van der Waals surface area contributed by atoms with Gasteiger partial charge in [-0.25, -0.2) is 0 Å². The van der Waals surface area contributed by atoms with Crippen molar-refractivity contribution in [2.75, 3.05) is 6.61 Å². The van der Waals surface area contributed by atoms with Gasteiger partial charge in [0, 0.05) is 18.6 Å². The molecule has 1 aliphatic heterocycles. The van der Waals surface area contributed by atoms with Crippen LogP contribution in [-0.2, 0) is 16.7 Å². The molecule has 2 rings (SSSR count). The number of rotatable bonds is 3. The summed E-state index contributed by atoms with van der Waals surface area (Å²) < 4.78 is 7.76. The zero-order valence-corrected chi connectivity index (χ0v) is 12.2. The molecule has 5 heteroatoms. The predicted molar refractivity (Wildman–Crippen MR) is 71.9 cm³/mol. The molecule has 102 valence electrons. The molecule has 0 aliphatic carbocycles. The Balaban J connectivity index is 2.02. The fraction of sp³-hybridized carbons (Fsp3) is 0.846. The first-order valence-corrected chi connectivity index (χ1v) is 7.07. The van der Waals surface area contributed by atoms with Crippen molar-refractivity contribution in [3.63, 3.8) is 0 Å². The molecule has 0 radical (unpaired) electrons. The van der Waals surface area contributed by atoms with Crippen LogP contribution in [-0.4, -0.2) is 27.5 Å². The Hall–Kier alpha value is -0.610. The number of hydrogen-bond acceptors (Lipinski definition) is 3.